The zero-order valence-electron chi connectivity index (χ0n) is 13.1. The molecule has 6 nitrogen and oxygen atoms in total. The second-order valence-corrected chi connectivity index (χ2v) is 5.47. The smallest absolute Gasteiger partial charge is 0.343 e. The summed E-state index contributed by atoms with van der Waals surface area (Å²) in [6, 6.07) is 7.05. The minimum absolute atomic E-state index is 0.0481. The first-order chi connectivity index (χ1) is 11.9. The zero-order chi connectivity index (χ0) is 18.1. The molecule has 0 bridgehead atoms. The highest BCUT2D eigenvalue weighted by Gasteiger charge is 2.21. The van der Waals surface area contributed by atoms with E-state index in [-0.39, 0.29) is 12.4 Å². The molecule has 0 amide bonds. The average molecular weight is 348 g/mol. The topological polar surface area (TPSA) is 84.6 Å². The second-order valence-electron chi connectivity index (χ2n) is 5.47. The summed E-state index contributed by atoms with van der Waals surface area (Å²) in [5.41, 5.74) is 0.490. The Balaban J connectivity index is 1.92. The number of hydrogen-bond donors (Lipinski definition) is 2. The molecule has 8 heteroatoms. The third kappa shape index (κ3) is 3.23. The van der Waals surface area contributed by atoms with Crippen LogP contribution in [0.1, 0.15) is 27.9 Å². The number of aromatic carboxylic acids is 1. The molecule has 0 unspecified atom stereocenters. The number of alkyl halides is 2. The van der Waals surface area contributed by atoms with E-state index in [1.165, 1.54) is 0 Å². The predicted octanol–water partition coefficient (Wildman–Crippen LogP) is 3.49. The van der Waals surface area contributed by atoms with Crippen LogP contribution >= 0.6 is 0 Å². The molecule has 1 heterocycles. The number of aryl methyl sites for hydroxylation is 1. The standard InChI is InChI=1S/C17H14F2N2O4/c1-21-12-4-9(2-3-10(12)7-20-21)8-25-14-6-11(16(18)19)5-13(22)15(14)17(23)24/h2-7,16,22H,8H2,1H3,(H,23,24). The van der Waals surface area contributed by atoms with Gasteiger partial charge in [-0.2, -0.15) is 5.10 Å². The van der Waals surface area contributed by atoms with Crippen LogP contribution in [0.2, 0.25) is 0 Å². The van der Waals surface area contributed by atoms with Crippen LogP contribution in [0.15, 0.2) is 36.5 Å². The number of ether oxygens (including phenoxy) is 1. The van der Waals surface area contributed by atoms with Gasteiger partial charge in [0.25, 0.3) is 6.43 Å². The highest BCUT2D eigenvalue weighted by Crippen LogP contribution is 2.34. The summed E-state index contributed by atoms with van der Waals surface area (Å²) in [4.78, 5) is 11.3. The van der Waals surface area contributed by atoms with Crippen LogP contribution in [0, 0.1) is 0 Å². The molecule has 0 atom stereocenters. The number of hydrogen-bond acceptors (Lipinski definition) is 4. The van der Waals surface area contributed by atoms with E-state index in [1.54, 1.807) is 30.1 Å². The number of carboxylic acid groups (broad SMARTS) is 1. The van der Waals surface area contributed by atoms with Crippen molar-refractivity contribution in [2.75, 3.05) is 0 Å². The number of fused-ring (bicyclic) bond motifs is 1. The summed E-state index contributed by atoms with van der Waals surface area (Å²) in [5, 5.41) is 24.0. The fraction of sp³-hybridized carbons (Fsp3) is 0.176. The van der Waals surface area contributed by atoms with E-state index in [0.717, 1.165) is 23.0 Å². The van der Waals surface area contributed by atoms with Gasteiger partial charge in [0.05, 0.1) is 11.7 Å². The van der Waals surface area contributed by atoms with Crippen LogP contribution in [0.3, 0.4) is 0 Å². The highest BCUT2D eigenvalue weighted by molar-refractivity contribution is 5.94. The number of benzene rings is 2. The first-order valence-electron chi connectivity index (χ1n) is 7.28. The molecule has 0 aliphatic heterocycles. The molecule has 2 N–H and O–H groups in total. The molecule has 0 aliphatic carbocycles. The summed E-state index contributed by atoms with van der Waals surface area (Å²) in [7, 11) is 1.78. The van der Waals surface area contributed by atoms with E-state index in [2.05, 4.69) is 5.10 Å². The van der Waals surface area contributed by atoms with E-state index >= 15 is 0 Å². The monoisotopic (exact) mass is 348 g/mol. The Morgan fingerprint density at radius 1 is 1.32 bits per heavy atom. The summed E-state index contributed by atoms with van der Waals surface area (Å²) in [6.07, 6.45) is -1.16. The third-order valence-corrected chi connectivity index (χ3v) is 3.78. The molecule has 3 aromatic rings. The first-order valence-corrected chi connectivity index (χ1v) is 7.28. The van der Waals surface area contributed by atoms with Crippen LogP contribution in [0.5, 0.6) is 11.5 Å². The maximum absolute atomic E-state index is 12.9. The lowest BCUT2D eigenvalue weighted by atomic mass is 10.1. The molecule has 130 valence electrons. The zero-order valence-corrected chi connectivity index (χ0v) is 13.1. The van der Waals surface area contributed by atoms with Gasteiger partial charge >= 0.3 is 5.97 Å². The van der Waals surface area contributed by atoms with E-state index in [0.29, 0.717) is 5.56 Å². The molecule has 0 radical (unpaired) electrons. The molecule has 25 heavy (non-hydrogen) atoms. The van der Waals surface area contributed by atoms with Crippen molar-refractivity contribution in [1.29, 1.82) is 0 Å². The van der Waals surface area contributed by atoms with Crippen molar-refractivity contribution in [2.24, 2.45) is 7.05 Å². The molecule has 0 fully saturated rings. The van der Waals surface area contributed by atoms with E-state index in [1.807, 2.05) is 6.07 Å². The van der Waals surface area contributed by atoms with Gasteiger partial charge in [-0.1, -0.05) is 12.1 Å². The van der Waals surface area contributed by atoms with Crippen LogP contribution in [-0.2, 0) is 13.7 Å². The minimum atomic E-state index is -2.86. The number of carbonyl (C=O) groups is 1. The average Bonchev–Trinajstić information content (AvgIpc) is 2.92. The summed E-state index contributed by atoms with van der Waals surface area (Å²) in [6.45, 7) is -0.0481. The van der Waals surface area contributed by atoms with Crippen LogP contribution in [0.25, 0.3) is 10.9 Å². The molecule has 0 aliphatic rings. The van der Waals surface area contributed by atoms with Gasteiger partial charge in [-0.25, -0.2) is 13.6 Å². The van der Waals surface area contributed by atoms with Gasteiger partial charge in [-0.15, -0.1) is 0 Å². The number of rotatable bonds is 5. The molecule has 0 saturated carbocycles. The quantitative estimate of drug-likeness (QED) is 0.737. The molecular weight excluding hydrogens is 334 g/mol. The van der Waals surface area contributed by atoms with Crippen LogP contribution < -0.4 is 4.74 Å². The van der Waals surface area contributed by atoms with Gasteiger partial charge in [-0.05, 0) is 23.8 Å². The Morgan fingerprint density at radius 3 is 2.76 bits per heavy atom. The summed E-state index contributed by atoms with van der Waals surface area (Å²) in [5.74, 6) is -2.54. The number of phenols is 1. The SMILES string of the molecule is Cn1ncc2ccc(COc3cc(C(F)F)cc(O)c3C(=O)O)cc21. The van der Waals surface area contributed by atoms with Crippen molar-refractivity contribution >= 4 is 16.9 Å². The molecule has 0 spiro atoms. The lowest BCUT2D eigenvalue weighted by molar-refractivity contribution is 0.0687. The van der Waals surface area contributed by atoms with E-state index in [4.69, 9.17) is 4.74 Å². The minimum Gasteiger partial charge on any atom is -0.507 e. The Morgan fingerprint density at radius 2 is 2.08 bits per heavy atom. The van der Waals surface area contributed by atoms with Crippen molar-refractivity contribution in [2.45, 2.75) is 13.0 Å². The van der Waals surface area contributed by atoms with E-state index in [9.17, 15) is 23.8 Å². The Labute approximate surface area is 140 Å². The Hall–Kier alpha value is -3.16. The van der Waals surface area contributed by atoms with Crippen molar-refractivity contribution in [3.05, 3.63) is 53.2 Å². The van der Waals surface area contributed by atoms with Crippen molar-refractivity contribution in [3.8, 4) is 11.5 Å². The van der Waals surface area contributed by atoms with Crippen molar-refractivity contribution in [3.63, 3.8) is 0 Å². The number of carboxylic acids is 1. The molecule has 3 rings (SSSR count). The van der Waals surface area contributed by atoms with Gasteiger partial charge in [0, 0.05) is 18.0 Å². The van der Waals surface area contributed by atoms with Crippen LogP contribution in [-0.4, -0.2) is 26.0 Å². The summed E-state index contributed by atoms with van der Waals surface area (Å²) < 4.78 is 32.9. The first kappa shape index (κ1) is 16.7. The largest absolute Gasteiger partial charge is 0.507 e. The maximum Gasteiger partial charge on any atom is 0.343 e. The van der Waals surface area contributed by atoms with Crippen LogP contribution in [0.4, 0.5) is 8.78 Å². The number of aromatic hydroxyl groups is 1. The van der Waals surface area contributed by atoms with Crippen molar-refractivity contribution in [1.82, 2.24) is 9.78 Å². The highest BCUT2D eigenvalue weighted by atomic mass is 19.3. The van der Waals surface area contributed by atoms with Gasteiger partial charge in [0.15, 0.2) is 0 Å². The molecule has 0 saturated heterocycles. The fourth-order valence-electron chi connectivity index (χ4n) is 2.52. The Kier molecular flexibility index (Phi) is 4.26. The Bertz CT molecular complexity index is 953. The third-order valence-electron chi connectivity index (χ3n) is 3.78. The van der Waals surface area contributed by atoms with Gasteiger partial charge in [0.1, 0.15) is 23.7 Å². The van der Waals surface area contributed by atoms with Gasteiger partial charge in [-0.3, -0.25) is 4.68 Å². The molecular formula is C17H14F2N2O4. The number of aromatic nitrogens is 2. The van der Waals surface area contributed by atoms with Gasteiger partial charge < -0.3 is 14.9 Å². The molecule has 1 aromatic heterocycles. The summed E-state index contributed by atoms with van der Waals surface area (Å²) >= 11 is 0. The molecule has 2 aromatic carbocycles. The van der Waals surface area contributed by atoms with Gasteiger partial charge in [0.2, 0.25) is 0 Å². The number of halogens is 2. The normalized spacial score (nSPS) is 11.2. The fourth-order valence-corrected chi connectivity index (χ4v) is 2.52. The van der Waals surface area contributed by atoms with Crippen molar-refractivity contribution < 1.29 is 28.5 Å². The second kappa shape index (κ2) is 6.39. The van der Waals surface area contributed by atoms with E-state index < -0.39 is 29.3 Å². The lowest BCUT2D eigenvalue weighted by Crippen LogP contribution is -2.05. The lowest BCUT2D eigenvalue weighted by Gasteiger charge is -2.13. The maximum atomic E-state index is 12.9. The number of nitrogens with zero attached hydrogens (tertiary/aromatic N) is 2. The predicted molar refractivity (Wildman–Crippen MR) is 85.1 cm³/mol.